The number of hydrogen-bond acceptors (Lipinski definition) is 8. The Balaban J connectivity index is 1.11. The van der Waals surface area contributed by atoms with E-state index in [1.807, 2.05) is 116 Å². The maximum atomic E-state index is 13.1. The van der Waals surface area contributed by atoms with Crippen molar-refractivity contribution < 1.29 is 33.7 Å². The van der Waals surface area contributed by atoms with E-state index in [4.69, 9.17) is 14.2 Å². The lowest BCUT2D eigenvalue weighted by Crippen LogP contribution is -2.43. The molecule has 3 amide bonds. The fourth-order valence-electron chi connectivity index (χ4n) is 6.66. The molecule has 6 rings (SSSR count). The van der Waals surface area contributed by atoms with Crippen LogP contribution in [0.4, 0.5) is 4.79 Å². The average molecular weight is 704 g/mol. The van der Waals surface area contributed by atoms with Crippen molar-refractivity contribution in [2.75, 3.05) is 20.1 Å². The highest BCUT2D eigenvalue weighted by Gasteiger charge is 2.40. The van der Waals surface area contributed by atoms with Crippen LogP contribution in [0.3, 0.4) is 0 Å². The van der Waals surface area contributed by atoms with Gasteiger partial charge in [0, 0.05) is 24.6 Å². The van der Waals surface area contributed by atoms with Crippen LogP contribution in [0.1, 0.15) is 53.6 Å². The predicted octanol–water partition coefficient (Wildman–Crippen LogP) is 6.31. The zero-order chi connectivity index (χ0) is 36.6. The Labute approximate surface area is 304 Å². The maximum absolute atomic E-state index is 13.1. The predicted molar refractivity (Wildman–Crippen MR) is 196 cm³/mol. The molecule has 1 unspecified atom stereocenters. The van der Waals surface area contributed by atoms with Crippen LogP contribution in [0.5, 0.6) is 0 Å². The zero-order valence-electron chi connectivity index (χ0n) is 29.5. The molecule has 0 aromatic heterocycles. The van der Waals surface area contributed by atoms with Gasteiger partial charge in [0.15, 0.2) is 6.29 Å². The molecule has 270 valence electrons. The van der Waals surface area contributed by atoms with E-state index in [0.29, 0.717) is 6.54 Å². The molecule has 2 N–H and O–H groups in total. The van der Waals surface area contributed by atoms with Crippen molar-refractivity contribution >= 4 is 17.9 Å². The summed E-state index contributed by atoms with van der Waals surface area (Å²) in [6.45, 7) is 7.60. The molecule has 0 bridgehead atoms. The van der Waals surface area contributed by atoms with Crippen molar-refractivity contribution in [1.82, 2.24) is 15.1 Å². The van der Waals surface area contributed by atoms with Gasteiger partial charge in [0.2, 0.25) is 5.91 Å². The van der Waals surface area contributed by atoms with Crippen LogP contribution in [-0.4, -0.2) is 65.1 Å². The number of likely N-dealkylation sites (tertiary alicyclic amines) is 1. The Morgan fingerprint density at radius 2 is 1.63 bits per heavy atom. The lowest BCUT2D eigenvalue weighted by atomic mass is 9.90. The highest BCUT2D eigenvalue weighted by Crippen LogP contribution is 2.42. The van der Waals surface area contributed by atoms with Crippen LogP contribution in [0, 0.1) is 5.92 Å². The van der Waals surface area contributed by atoms with Crippen molar-refractivity contribution in [2.24, 2.45) is 5.92 Å². The van der Waals surface area contributed by atoms with Crippen LogP contribution in [0.15, 0.2) is 116 Å². The molecule has 4 aromatic carbocycles. The molecule has 4 aromatic rings. The largest absolute Gasteiger partial charge is 0.445 e. The third-order valence-corrected chi connectivity index (χ3v) is 9.59. The van der Waals surface area contributed by atoms with Gasteiger partial charge in [-0.3, -0.25) is 14.5 Å². The number of imide groups is 1. The fourth-order valence-corrected chi connectivity index (χ4v) is 6.66. The Morgan fingerprint density at radius 1 is 0.923 bits per heavy atom. The van der Waals surface area contributed by atoms with Crippen molar-refractivity contribution in [1.29, 1.82) is 0 Å². The second-order valence-electron chi connectivity index (χ2n) is 13.4. The first-order chi connectivity index (χ1) is 25.2. The Bertz CT molecular complexity index is 1850. The summed E-state index contributed by atoms with van der Waals surface area (Å²) in [5.41, 5.74) is 6.24. The summed E-state index contributed by atoms with van der Waals surface area (Å²) in [4.78, 5) is 41.7. The summed E-state index contributed by atoms with van der Waals surface area (Å²) in [5.74, 6) is -0.749. The van der Waals surface area contributed by atoms with Gasteiger partial charge in [-0.25, -0.2) is 4.79 Å². The molecule has 2 fully saturated rings. The smallest absolute Gasteiger partial charge is 0.408 e. The molecule has 10 heteroatoms. The van der Waals surface area contributed by atoms with Crippen LogP contribution < -0.4 is 5.32 Å². The van der Waals surface area contributed by atoms with E-state index >= 15 is 0 Å². The minimum absolute atomic E-state index is 0.0162. The molecule has 0 spiro atoms. The summed E-state index contributed by atoms with van der Waals surface area (Å²) in [6.07, 6.45) is 0.102. The number of benzene rings is 4. The number of ether oxygens (including phenoxy) is 3. The van der Waals surface area contributed by atoms with Gasteiger partial charge >= 0.3 is 6.09 Å². The molecule has 2 aliphatic rings. The second kappa shape index (κ2) is 16.9. The van der Waals surface area contributed by atoms with E-state index in [9.17, 15) is 19.5 Å². The third-order valence-electron chi connectivity index (χ3n) is 9.59. The second-order valence-corrected chi connectivity index (χ2v) is 13.4. The summed E-state index contributed by atoms with van der Waals surface area (Å²) in [6, 6.07) is 31.8. The Kier molecular flexibility index (Phi) is 11.9. The molecule has 2 saturated heterocycles. The molecule has 0 saturated carbocycles. The van der Waals surface area contributed by atoms with E-state index < -0.39 is 24.3 Å². The number of aliphatic hydroxyl groups is 1. The van der Waals surface area contributed by atoms with E-state index in [0.717, 1.165) is 45.5 Å². The molecule has 0 aliphatic carbocycles. The number of aliphatic hydroxyl groups excluding tert-OH is 1. The fraction of sp³-hybridized carbons (Fsp3) is 0.310. The van der Waals surface area contributed by atoms with E-state index in [-0.39, 0.29) is 50.2 Å². The number of hydrogen-bond donors (Lipinski definition) is 2. The van der Waals surface area contributed by atoms with Gasteiger partial charge in [-0.05, 0) is 46.5 Å². The SMILES string of the molecule is C=CCN(C)C[C@H]1O[C@@H](c2ccc(-c3cccc(CN4C(=O)CC(NC(=O)OCc5ccccc5)C4=O)c3)cc2)O[C@@H](c2ccc(CO)cc2)[C@H]1C. The number of likely N-dealkylation sites (N-methyl/N-ethyl adjacent to an activating group) is 1. The van der Waals surface area contributed by atoms with Crippen molar-refractivity contribution in [2.45, 2.75) is 57.6 Å². The van der Waals surface area contributed by atoms with Crippen molar-refractivity contribution in [3.63, 3.8) is 0 Å². The van der Waals surface area contributed by atoms with Crippen molar-refractivity contribution in [3.05, 3.63) is 144 Å². The van der Waals surface area contributed by atoms with E-state index in [1.165, 1.54) is 4.90 Å². The summed E-state index contributed by atoms with van der Waals surface area (Å²) in [5, 5.41) is 12.1. The highest BCUT2D eigenvalue weighted by atomic mass is 16.7. The lowest BCUT2D eigenvalue weighted by molar-refractivity contribution is -0.275. The topological polar surface area (TPSA) is 118 Å². The normalized spacial score (nSPS) is 21.7. The molecule has 5 atom stereocenters. The van der Waals surface area contributed by atoms with E-state index in [2.05, 4.69) is 23.7 Å². The Hall–Kier alpha value is -5.13. The minimum atomic E-state index is -0.972. The quantitative estimate of drug-likeness (QED) is 0.123. The highest BCUT2D eigenvalue weighted by molar-refractivity contribution is 6.06. The first kappa shape index (κ1) is 36.7. The molecule has 10 nitrogen and oxygen atoms in total. The van der Waals surface area contributed by atoms with Gasteiger partial charge in [0.05, 0.1) is 31.8 Å². The molecular weight excluding hydrogens is 658 g/mol. The molecule has 2 aliphatic heterocycles. The minimum Gasteiger partial charge on any atom is -0.445 e. The molecular formula is C42H45N3O7. The standard InChI is InChI=1S/C42H45N3O7/c1-4-21-44(3)25-37-28(2)39(33-15-13-29(26-46)14-16-33)52-41(51-37)34-19-17-32(18-20-34)35-12-8-11-31(22-35)24-45-38(47)23-36(40(45)48)43-42(49)50-27-30-9-6-5-7-10-30/h4-20,22,28,36-37,39,41,46H,1,21,23-27H2,2-3H3,(H,43,49)/t28-,36?,37+,39+,41+/m0/s1. The maximum Gasteiger partial charge on any atom is 0.408 e. The number of rotatable bonds is 13. The Morgan fingerprint density at radius 3 is 2.35 bits per heavy atom. The lowest BCUT2D eigenvalue weighted by Gasteiger charge is -2.42. The van der Waals surface area contributed by atoms with Gasteiger partial charge in [-0.1, -0.05) is 110 Å². The number of carbonyl (C=O) groups is 3. The summed E-state index contributed by atoms with van der Waals surface area (Å²) in [7, 11) is 2.05. The van der Waals surface area contributed by atoms with Crippen LogP contribution >= 0.6 is 0 Å². The number of alkyl carbamates (subject to hydrolysis) is 1. The number of nitrogens with one attached hydrogen (secondary N) is 1. The average Bonchev–Trinajstić information content (AvgIpc) is 3.42. The van der Waals surface area contributed by atoms with Crippen LogP contribution in [0.25, 0.3) is 11.1 Å². The number of amides is 3. The van der Waals surface area contributed by atoms with Crippen LogP contribution in [0.2, 0.25) is 0 Å². The summed E-state index contributed by atoms with van der Waals surface area (Å²) >= 11 is 0. The summed E-state index contributed by atoms with van der Waals surface area (Å²) < 4.78 is 18.4. The van der Waals surface area contributed by atoms with Gasteiger partial charge in [0.25, 0.3) is 5.91 Å². The molecule has 0 radical (unpaired) electrons. The first-order valence-corrected chi connectivity index (χ1v) is 17.5. The van der Waals surface area contributed by atoms with Gasteiger partial charge in [0.1, 0.15) is 12.6 Å². The molecule has 2 heterocycles. The van der Waals surface area contributed by atoms with Crippen LogP contribution in [-0.2, 0) is 43.6 Å². The third kappa shape index (κ3) is 8.83. The number of nitrogens with zero attached hydrogens (tertiary/aromatic N) is 2. The van der Waals surface area contributed by atoms with E-state index in [1.54, 1.807) is 0 Å². The van der Waals surface area contributed by atoms with Gasteiger partial charge in [-0.15, -0.1) is 6.58 Å². The zero-order valence-corrected chi connectivity index (χ0v) is 29.5. The van der Waals surface area contributed by atoms with Gasteiger partial charge < -0.3 is 29.5 Å². The molecule has 52 heavy (non-hydrogen) atoms. The first-order valence-electron chi connectivity index (χ1n) is 17.5. The monoisotopic (exact) mass is 703 g/mol. The van der Waals surface area contributed by atoms with Gasteiger partial charge in [-0.2, -0.15) is 0 Å². The van der Waals surface area contributed by atoms with Crippen molar-refractivity contribution in [3.8, 4) is 11.1 Å². The number of carbonyl (C=O) groups excluding carboxylic acids is 3.